The number of ether oxygens (including phenoxy) is 1. The Hall–Kier alpha value is -2.38. The fourth-order valence-electron chi connectivity index (χ4n) is 3.74. The fraction of sp³-hybridized carbons (Fsp3) is 0.409. The number of aryl methyl sites for hydroxylation is 2. The summed E-state index contributed by atoms with van der Waals surface area (Å²) < 4.78 is 28.3. The Bertz CT molecular complexity index is 985. The van der Waals surface area contributed by atoms with E-state index >= 15 is 0 Å². The second kappa shape index (κ2) is 8.55. The lowest BCUT2D eigenvalue weighted by molar-refractivity contribution is -0.122. The largest absolute Gasteiger partial charge is 0.497 e. The zero-order valence-corrected chi connectivity index (χ0v) is 17.6. The van der Waals surface area contributed by atoms with Gasteiger partial charge >= 0.3 is 0 Å². The Kier molecular flexibility index (Phi) is 6.29. The van der Waals surface area contributed by atoms with Crippen molar-refractivity contribution in [2.24, 2.45) is 0 Å². The van der Waals surface area contributed by atoms with Gasteiger partial charge in [-0.15, -0.1) is 0 Å². The summed E-state index contributed by atoms with van der Waals surface area (Å²) in [5.74, 6) is 0.616. The average molecular weight is 418 g/mol. The number of nitrogens with one attached hydrogen (secondary N) is 1. The number of carbonyl (C=O) groups is 1. The predicted molar refractivity (Wildman–Crippen MR) is 111 cm³/mol. The van der Waals surface area contributed by atoms with Gasteiger partial charge in [0.2, 0.25) is 5.91 Å². The van der Waals surface area contributed by atoms with Crippen LogP contribution in [0.2, 0.25) is 0 Å². The number of rotatable bonds is 7. The summed E-state index contributed by atoms with van der Waals surface area (Å²) >= 11 is 0. The quantitative estimate of drug-likeness (QED) is 0.722. The lowest BCUT2D eigenvalue weighted by atomic mass is 9.79. The van der Waals surface area contributed by atoms with E-state index in [0.29, 0.717) is 12.8 Å². The van der Waals surface area contributed by atoms with E-state index in [1.54, 1.807) is 31.4 Å². The number of methoxy groups -OCH3 is 1. The number of sulfone groups is 1. The average Bonchev–Trinajstić information content (AvgIpc) is 2.70. The smallest absolute Gasteiger partial charge is 0.220 e. The van der Waals surface area contributed by atoms with Crippen molar-refractivity contribution in [2.75, 3.05) is 19.9 Å². The van der Waals surface area contributed by atoms with Gasteiger partial charge in [-0.3, -0.25) is 4.79 Å². The molecule has 0 spiro atoms. The molecule has 3 rings (SSSR count). The SMILES string of the molecule is COc1ccc2c(c1)CCCC2(O)CNC(=O)CCc1ccc(S(C)(=O)=O)cc1. The minimum atomic E-state index is -3.22. The molecule has 0 radical (unpaired) electrons. The summed E-state index contributed by atoms with van der Waals surface area (Å²) in [4.78, 5) is 12.6. The number of hydrogen-bond donors (Lipinski definition) is 2. The molecule has 2 aromatic rings. The van der Waals surface area contributed by atoms with Crippen molar-refractivity contribution < 1.29 is 23.1 Å². The first-order valence-corrected chi connectivity index (χ1v) is 11.6. The van der Waals surface area contributed by atoms with Gasteiger partial charge in [-0.05, 0) is 66.6 Å². The molecule has 0 aromatic heterocycles. The zero-order chi connectivity index (χ0) is 21.1. The van der Waals surface area contributed by atoms with Gasteiger partial charge in [-0.25, -0.2) is 8.42 Å². The van der Waals surface area contributed by atoms with E-state index in [1.807, 2.05) is 18.2 Å². The van der Waals surface area contributed by atoms with Crippen LogP contribution in [-0.4, -0.2) is 39.3 Å². The summed E-state index contributed by atoms with van der Waals surface area (Å²) in [6, 6.07) is 12.2. The monoisotopic (exact) mass is 417 g/mol. The van der Waals surface area contributed by atoms with E-state index in [1.165, 1.54) is 6.26 Å². The van der Waals surface area contributed by atoms with Crippen LogP contribution in [0.15, 0.2) is 47.4 Å². The summed E-state index contributed by atoms with van der Waals surface area (Å²) in [5, 5.41) is 14.0. The maximum absolute atomic E-state index is 12.3. The third kappa shape index (κ3) is 5.16. The number of carbonyl (C=O) groups excluding carboxylic acids is 1. The van der Waals surface area contributed by atoms with E-state index in [0.717, 1.165) is 35.3 Å². The van der Waals surface area contributed by atoms with Gasteiger partial charge in [0.15, 0.2) is 9.84 Å². The lowest BCUT2D eigenvalue weighted by Gasteiger charge is -2.35. The van der Waals surface area contributed by atoms with E-state index in [4.69, 9.17) is 4.74 Å². The summed E-state index contributed by atoms with van der Waals surface area (Å²) in [6.45, 7) is 0.165. The second-order valence-electron chi connectivity index (χ2n) is 7.60. The topological polar surface area (TPSA) is 92.7 Å². The molecule has 1 amide bonds. The van der Waals surface area contributed by atoms with Crippen LogP contribution in [0.3, 0.4) is 0 Å². The van der Waals surface area contributed by atoms with E-state index in [-0.39, 0.29) is 23.8 Å². The maximum atomic E-state index is 12.3. The molecule has 0 heterocycles. The third-order valence-corrected chi connectivity index (χ3v) is 6.55. The van der Waals surface area contributed by atoms with Crippen LogP contribution in [0.5, 0.6) is 5.75 Å². The first-order chi connectivity index (χ1) is 13.7. The van der Waals surface area contributed by atoms with Crippen LogP contribution in [0, 0.1) is 0 Å². The highest BCUT2D eigenvalue weighted by molar-refractivity contribution is 7.90. The zero-order valence-electron chi connectivity index (χ0n) is 16.8. The summed E-state index contributed by atoms with van der Waals surface area (Å²) in [6.07, 6.45) is 4.26. The molecule has 1 unspecified atom stereocenters. The molecule has 29 heavy (non-hydrogen) atoms. The molecule has 7 heteroatoms. The van der Waals surface area contributed by atoms with Gasteiger partial charge in [-0.2, -0.15) is 0 Å². The second-order valence-corrected chi connectivity index (χ2v) is 9.62. The summed E-state index contributed by atoms with van der Waals surface area (Å²) in [5.41, 5.74) is 1.72. The van der Waals surface area contributed by atoms with Gasteiger partial charge in [-0.1, -0.05) is 18.2 Å². The molecular formula is C22H27NO5S. The van der Waals surface area contributed by atoms with E-state index in [9.17, 15) is 18.3 Å². The van der Waals surface area contributed by atoms with Crippen molar-refractivity contribution in [3.63, 3.8) is 0 Å². The fourth-order valence-corrected chi connectivity index (χ4v) is 4.37. The Balaban J connectivity index is 1.57. The Labute approximate surface area is 171 Å². The molecule has 1 atom stereocenters. The number of aliphatic hydroxyl groups is 1. The maximum Gasteiger partial charge on any atom is 0.220 e. The van der Waals surface area contributed by atoms with Gasteiger partial charge in [0.05, 0.1) is 18.6 Å². The first-order valence-electron chi connectivity index (χ1n) is 9.67. The van der Waals surface area contributed by atoms with E-state index in [2.05, 4.69) is 5.32 Å². The van der Waals surface area contributed by atoms with Crippen LogP contribution in [0.25, 0.3) is 0 Å². The van der Waals surface area contributed by atoms with Crippen molar-refractivity contribution in [2.45, 2.75) is 42.6 Å². The summed E-state index contributed by atoms with van der Waals surface area (Å²) in [7, 11) is -1.61. The van der Waals surface area contributed by atoms with Crippen molar-refractivity contribution in [1.29, 1.82) is 0 Å². The van der Waals surface area contributed by atoms with Crippen LogP contribution < -0.4 is 10.1 Å². The molecule has 0 saturated heterocycles. The van der Waals surface area contributed by atoms with Crippen molar-refractivity contribution in [1.82, 2.24) is 5.32 Å². The van der Waals surface area contributed by atoms with E-state index < -0.39 is 15.4 Å². The van der Waals surface area contributed by atoms with Gasteiger partial charge in [0, 0.05) is 12.7 Å². The van der Waals surface area contributed by atoms with Crippen molar-refractivity contribution in [3.05, 3.63) is 59.2 Å². The normalized spacial score (nSPS) is 18.7. The number of fused-ring (bicyclic) bond motifs is 1. The molecule has 0 fully saturated rings. The lowest BCUT2D eigenvalue weighted by Crippen LogP contribution is -2.43. The molecule has 6 nitrogen and oxygen atoms in total. The predicted octanol–water partition coefficient (Wildman–Crippen LogP) is 2.37. The van der Waals surface area contributed by atoms with Crippen LogP contribution >= 0.6 is 0 Å². The standard InChI is InChI=1S/C22H27NO5S/c1-28-18-8-11-20-17(14-18)4-3-13-22(20,25)15-23-21(24)12-7-16-5-9-19(10-6-16)29(2,26)27/h5-6,8-11,14,25H,3-4,7,12-13,15H2,1-2H3,(H,23,24). The minimum absolute atomic E-state index is 0.147. The van der Waals surface area contributed by atoms with Gasteiger partial charge < -0.3 is 15.2 Å². The number of hydrogen-bond acceptors (Lipinski definition) is 5. The van der Waals surface area contributed by atoms with Gasteiger partial charge in [0.25, 0.3) is 0 Å². The van der Waals surface area contributed by atoms with Gasteiger partial charge in [0.1, 0.15) is 11.4 Å². The number of amides is 1. The molecule has 2 N–H and O–H groups in total. The molecule has 0 aliphatic heterocycles. The molecule has 156 valence electrons. The highest BCUT2D eigenvalue weighted by Gasteiger charge is 2.34. The molecule has 1 aliphatic carbocycles. The van der Waals surface area contributed by atoms with Crippen LogP contribution in [-0.2, 0) is 33.1 Å². The van der Waals surface area contributed by atoms with Crippen molar-refractivity contribution in [3.8, 4) is 5.75 Å². The Morgan fingerprint density at radius 2 is 1.93 bits per heavy atom. The first kappa shape index (κ1) is 21.3. The molecule has 0 bridgehead atoms. The molecular weight excluding hydrogens is 390 g/mol. The highest BCUT2D eigenvalue weighted by Crippen LogP contribution is 2.36. The third-order valence-electron chi connectivity index (χ3n) is 5.42. The Morgan fingerprint density at radius 3 is 2.59 bits per heavy atom. The van der Waals surface area contributed by atoms with Crippen molar-refractivity contribution >= 4 is 15.7 Å². The van der Waals surface area contributed by atoms with Crippen LogP contribution in [0.1, 0.15) is 36.0 Å². The number of benzene rings is 2. The minimum Gasteiger partial charge on any atom is -0.497 e. The highest BCUT2D eigenvalue weighted by atomic mass is 32.2. The Morgan fingerprint density at radius 1 is 1.21 bits per heavy atom. The molecule has 2 aromatic carbocycles. The van der Waals surface area contributed by atoms with Crippen LogP contribution in [0.4, 0.5) is 0 Å². The molecule has 1 aliphatic rings. The molecule has 0 saturated carbocycles.